The Morgan fingerprint density at radius 1 is 1.29 bits per heavy atom. The molecule has 136 valence electrons. The van der Waals surface area contributed by atoms with E-state index < -0.39 is 8.32 Å². The number of hydrogen-bond donors (Lipinski definition) is 0. The number of ketones is 1. The van der Waals surface area contributed by atoms with E-state index in [4.69, 9.17) is 4.43 Å². The topological polar surface area (TPSA) is 26.3 Å². The Morgan fingerprint density at radius 2 is 1.88 bits per heavy atom. The van der Waals surface area contributed by atoms with Gasteiger partial charge in [-0.15, -0.1) is 0 Å². The normalized spacial score (nSPS) is 31.6. The van der Waals surface area contributed by atoms with Gasteiger partial charge in [-0.3, -0.25) is 4.79 Å². The SMILES string of the molecule is CC(C)=C1C[C@@]2(C)C(=CC1=O)CC[C@@H](O[Si](C)(C)C(C)(C)C)[C@@H]2C. The molecule has 2 aliphatic rings. The summed E-state index contributed by atoms with van der Waals surface area (Å²) >= 11 is 0. The molecule has 1 saturated carbocycles. The van der Waals surface area contributed by atoms with Gasteiger partial charge in [0.25, 0.3) is 0 Å². The number of rotatable bonds is 2. The summed E-state index contributed by atoms with van der Waals surface area (Å²) < 4.78 is 6.80. The molecule has 0 aliphatic heterocycles. The molecule has 0 saturated heterocycles. The average Bonchev–Trinajstić information content (AvgIpc) is 2.42. The molecule has 0 amide bonds. The third-order valence-electron chi connectivity index (χ3n) is 7.00. The number of carbonyl (C=O) groups excluding carboxylic acids is 1. The van der Waals surface area contributed by atoms with Crippen molar-refractivity contribution in [3.8, 4) is 0 Å². The minimum Gasteiger partial charge on any atom is -0.414 e. The smallest absolute Gasteiger partial charge is 0.192 e. The summed E-state index contributed by atoms with van der Waals surface area (Å²) in [5, 5.41) is 0.233. The first-order valence-corrected chi connectivity index (χ1v) is 12.3. The molecule has 0 unspecified atom stereocenters. The van der Waals surface area contributed by atoms with Gasteiger partial charge >= 0.3 is 0 Å². The van der Waals surface area contributed by atoms with Crippen LogP contribution in [0.4, 0.5) is 0 Å². The zero-order valence-corrected chi connectivity index (χ0v) is 18.2. The van der Waals surface area contributed by atoms with Crippen LogP contribution in [0.3, 0.4) is 0 Å². The fraction of sp³-hybridized carbons (Fsp3) is 0.762. The standard InChI is InChI=1S/C21H36O2Si/c1-14(2)17-13-21(7)15(3)19(11-10-16(21)12-18(17)22)23-24(8,9)20(4,5)6/h12,15,19H,10-11,13H2,1-9H3/t15-,19+,21+/m0/s1. The third-order valence-corrected chi connectivity index (χ3v) is 11.5. The Kier molecular flexibility index (Phi) is 5.11. The van der Waals surface area contributed by atoms with Gasteiger partial charge < -0.3 is 4.43 Å². The Balaban J connectivity index is 2.32. The maximum atomic E-state index is 12.4. The van der Waals surface area contributed by atoms with Gasteiger partial charge in [0.15, 0.2) is 14.1 Å². The van der Waals surface area contributed by atoms with Crippen molar-refractivity contribution < 1.29 is 9.22 Å². The summed E-state index contributed by atoms with van der Waals surface area (Å²) in [7, 11) is -1.77. The lowest BCUT2D eigenvalue weighted by molar-refractivity contribution is -0.112. The van der Waals surface area contributed by atoms with Crippen LogP contribution in [0.2, 0.25) is 18.1 Å². The molecule has 0 bridgehead atoms. The Labute approximate surface area is 149 Å². The molecule has 3 atom stereocenters. The van der Waals surface area contributed by atoms with Gasteiger partial charge in [0, 0.05) is 6.10 Å². The molecule has 0 spiro atoms. The van der Waals surface area contributed by atoms with Crippen LogP contribution in [0.1, 0.15) is 67.7 Å². The van der Waals surface area contributed by atoms with Crippen LogP contribution in [-0.2, 0) is 9.22 Å². The van der Waals surface area contributed by atoms with Crippen LogP contribution < -0.4 is 0 Å². The van der Waals surface area contributed by atoms with Gasteiger partial charge in [0.05, 0.1) is 0 Å². The van der Waals surface area contributed by atoms with Crippen LogP contribution >= 0.6 is 0 Å². The summed E-state index contributed by atoms with van der Waals surface area (Å²) in [5.74, 6) is 0.674. The van der Waals surface area contributed by atoms with E-state index in [1.165, 1.54) is 5.57 Å². The maximum absolute atomic E-state index is 12.4. The molecule has 0 radical (unpaired) electrons. The number of carbonyl (C=O) groups is 1. The number of fused-ring (bicyclic) bond motifs is 1. The second kappa shape index (κ2) is 6.24. The monoisotopic (exact) mass is 348 g/mol. The Bertz CT molecular complexity index is 587. The lowest BCUT2D eigenvalue weighted by Crippen LogP contribution is -2.51. The van der Waals surface area contributed by atoms with Crippen molar-refractivity contribution in [2.24, 2.45) is 11.3 Å². The molecule has 2 nitrogen and oxygen atoms in total. The van der Waals surface area contributed by atoms with Crippen molar-refractivity contribution in [1.29, 1.82) is 0 Å². The summed E-state index contributed by atoms with van der Waals surface area (Å²) in [6.07, 6.45) is 5.16. The Morgan fingerprint density at radius 3 is 2.38 bits per heavy atom. The van der Waals surface area contributed by atoms with Gasteiger partial charge in [-0.1, -0.05) is 45.8 Å². The molecule has 0 heterocycles. The highest BCUT2D eigenvalue weighted by atomic mass is 28.4. The molecule has 0 aromatic rings. The zero-order chi connectivity index (χ0) is 18.5. The first kappa shape index (κ1) is 19.6. The minimum absolute atomic E-state index is 0.0613. The third kappa shape index (κ3) is 3.34. The van der Waals surface area contributed by atoms with Crippen LogP contribution in [0.25, 0.3) is 0 Å². The molecule has 2 aliphatic carbocycles. The lowest BCUT2D eigenvalue weighted by atomic mass is 9.58. The zero-order valence-electron chi connectivity index (χ0n) is 17.2. The molecule has 24 heavy (non-hydrogen) atoms. The van der Waals surface area contributed by atoms with Crippen molar-refractivity contribution >= 4 is 14.1 Å². The predicted octanol–water partition coefficient (Wildman–Crippen LogP) is 6.05. The summed E-state index contributed by atoms with van der Waals surface area (Å²) in [6.45, 7) is 20.4. The molecular weight excluding hydrogens is 312 g/mol. The average molecular weight is 349 g/mol. The number of allylic oxidation sites excluding steroid dienone is 4. The maximum Gasteiger partial charge on any atom is 0.192 e. The first-order valence-electron chi connectivity index (χ1n) is 9.39. The van der Waals surface area contributed by atoms with Crippen LogP contribution in [-0.4, -0.2) is 20.2 Å². The van der Waals surface area contributed by atoms with Gasteiger partial charge in [-0.05, 0) is 74.2 Å². The van der Waals surface area contributed by atoms with E-state index in [-0.39, 0.29) is 16.2 Å². The van der Waals surface area contributed by atoms with Gasteiger partial charge in [-0.2, -0.15) is 0 Å². The van der Waals surface area contributed by atoms with Crippen molar-refractivity contribution in [2.75, 3.05) is 0 Å². The van der Waals surface area contributed by atoms with Crippen LogP contribution in [0.15, 0.2) is 22.8 Å². The van der Waals surface area contributed by atoms with E-state index >= 15 is 0 Å². The number of hydrogen-bond acceptors (Lipinski definition) is 2. The van der Waals surface area contributed by atoms with Gasteiger partial charge in [0.1, 0.15) is 0 Å². The van der Waals surface area contributed by atoms with E-state index in [1.807, 2.05) is 6.08 Å². The van der Waals surface area contributed by atoms with E-state index in [9.17, 15) is 4.79 Å². The van der Waals surface area contributed by atoms with Crippen molar-refractivity contribution in [3.05, 3.63) is 22.8 Å². The molecule has 1 fully saturated rings. The fourth-order valence-corrected chi connectivity index (χ4v) is 5.32. The van der Waals surface area contributed by atoms with E-state index in [1.54, 1.807) is 0 Å². The summed E-state index contributed by atoms with van der Waals surface area (Å²) in [6, 6.07) is 0. The lowest BCUT2D eigenvalue weighted by Gasteiger charge is -2.51. The summed E-state index contributed by atoms with van der Waals surface area (Å²) in [4.78, 5) is 12.4. The quantitative estimate of drug-likeness (QED) is 0.448. The van der Waals surface area contributed by atoms with Crippen LogP contribution in [0, 0.1) is 11.3 Å². The molecular formula is C21H36O2Si. The molecule has 3 heteroatoms. The van der Waals surface area contributed by atoms with E-state index in [0.717, 1.165) is 30.4 Å². The highest BCUT2D eigenvalue weighted by Crippen LogP contribution is 2.53. The first-order chi connectivity index (χ1) is 10.8. The van der Waals surface area contributed by atoms with Crippen LogP contribution in [0.5, 0.6) is 0 Å². The Hall–Kier alpha value is -0.673. The van der Waals surface area contributed by atoms with E-state index in [2.05, 4.69) is 61.6 Å². The molecule has 0 aromatic carbocycles. The second-order valence-electron chi connectivity index (χ2n) is 9.85. The molecule has 0 N–H and O–H groups in total. The highest BCUT2D eigenvalue weighted by Gasteiger charge is 2.49. The van der Waals surface area contributed by atoms with Crippen molar-refractivity contribution in [2.45, 2.75) is 92.0 Å². The summed E-state index contributed by atoms with van der Waals surface area (Å²) in [5.41, 5.74) is 3.59. The molecule has 2 rings (SSSR count). The van der Waals surface area contributed by atoms with Crippen molar-refractivity contribution in [1.82, 2.24) is 0 Å². The fourth-order valence-electron chi connectivity index (χ4n) is 3.89. The van der Waals surface area contributed by atoms with E-state index in [0.29, 0.717) is 12.0 Å². The minimum atomic E-state index is -1.77. The highest BCUT2D eigenvalue weighted by molar-refractivity contribution is 6.74. The largest absolute Gasteiger partial charge is 0.414 e. The predicted molar refractivity (Wildman–Crippen MR) is 105 cm³/mol. The van der Waals surface area contributed by atoms with Gasteiger partial charge in [-0.25, -0.2) is 0 Å². The molecule has 0 aromatic heterocycles. The van der Waals surface area contributed by atoms with Gasteiger partial charge in [0.2, 0.25) is 0 Å². The van der Waals surface area contributed by atoms with Crippen molar-refractivity contribution in [3.63, 3.8) is 0 Å². The second-order valence-corrected chi connectivity index (χ2v) is 14.6.